The Bertz CT molecular complexity index is 1130. The molecule has 3 aromatic rings. The largest absolute Gasteiger partial charge is 0.469 e. The van der Waals surface area contributed by atoms with Crippen molar-refractivity contribution in [2.75, 3.05) is 20.2 Å². The molecule has 0 radical (unpaired) electrons. The summed E-state index contributed by atoms with van der Waals surface area (Å²) in [5.41, 5.74) is 8.13. The van der Waals surface area contributed by atoms with E-state index in [1.807, 2.05) is 23.7 Å². The molecule has 1 aliphatic rings. The Hall–Kier alpha value is -3.18. The van der Waals surface area contributed by atoms with Gasteiger partial charge in [0.2, 0.25) is 0 Å². The van der Waals surface area contributed by atoms with Gasteiger partial charge in [-0.2, -0.15) is 5.10 Å². The molecule has 0 spiro atoms. The molecule has 1 aliphatic heterocycles. The van der Waals surface area contributed by atoms with Gasteiger partial charge >= 0.3 is 5.97 Å². The standard InChI is InChI=1S/C27H31N3O2/c1-5-21-9-10-22-11-12-29(17-24(22)14-21)18-25(16-27(31)32-4)23-7-6-8-26(15-23)30-20(3)13-19(2)28-30/h5-10,13-15,25H,1,11-12,16-18H2,2-4H3/t25-/m1/s1. The van der Waals surface area contributed by atoms with E-state index in [1.54, 1.807) is 0 Å². The van der Waals surface area contributed by atoms with Crippen LogP contribution in [0.5, 0.6) is 0 Å². The van der Waals surface area contributed by atoms with Gasteiger partial charge < -0.3 is 4.74 Å². The van der Waals surface area contributed by atoms with Crippen molar-refractivity contribution in [1.82, 2.24) is 14.7 Å². The average Bonchev–Trinajstić information content (AvgIpc) is 3.15. The molecule has 0 bridgehead atoms. The van der Waals surface area contributed by atoms with Crippen LogP contribution in [-0.2, 0) is 22.5 Å². The van der Waals surface area contributed by atoms with Crippen molar-refractivity contribution in [3.05, 3.63) is 88.8 Å². The van der Waals surface area contributed by atoms with E-state index in [-0.39, 0.29) is 11.9 Å². The summed E-state index contributed by atoms with van der Waals surface area (Å²) < 4.78 is 6.99. The molecule has 1 atom stereocenters. The first-order valence-corrected chi connectivity index (χ1v) is 11.1. The number of fused-ring (bicyclic) bond motifs is 1. The predicted octanol–water partition coefficient (Wildman–Crippen LogP) is 4.84. The monoisotopic (exact) mass is 429 g/mol. The van der Waals surface area contributed by atoms with Gasteiger partial charge in [-0.05, 0) is 60.7 Å². The molecule has 0 saturated heterocycles. The molecule has 166 valence electrons. The summed E-state index contributed by atoms with van der Waals surface area (Å²) in [6, 6.07) is 17.0. The van der Waals surface area contributed by atoms with E-state index in [2.05, 4.69) is 66.0 Å². The second-order valence-corrected chi connectivity index (χ2v) is 8.63. The summed E-state index contributed by atoms with van der Waals surface area (Å²) in [4.78, 5) is 14.7. The molecule has 0 fully saturated rings. The SMILES string of the molecule is C=Cc1ccc2c(c1)CN(C[C@@H](CC(=O)OC)c1cccc(-n3nc(C)cc3C)c1)CC2. The highest BCUT2D eigenvalue weighted by Gasteiger charge is 2.24. The zero-order chi connectivity index (χ0) is 22.7. The Morgan fingerprint density at radius 2 is 2.03 bits per heavy atom. The van der Waals surface area contributed by atoms with E-state index in [0.717, 1.165) is 54.3 Å². The second kappa shape index (κ2) is 9.53. The van der Waals surface area contributed by atoms with Crippen LogP contribution in [0.2, 0.25) is 0 Å². The molecule has 0 aliphatic carbocycles. The van der Waals surface area contributed by atoms with Crippen molar-refractivity contribution in [3.8, 4) is 5.69 Å². The minimum absolute atomic E-state index is 0.0449. The van der Waals surface area contributed by atoms with Crippen molar-refractivity contribution in [1.29, 1.82) is 0 Å². The first-order valence-electron chi connectivity index (χ1n) is 11.1. The number of nitrogens with zero attached hydrogens (tertiary/aromatic N) is 3. The van der Waals surface area contributed by atoms with Crippen LogP contribution in [0.3, 0.4) is 0 Å². The number of carbonyl (C=O) groups excluding carboxylic acids is 1. The quantitative estimate of drug-likeness (QED) is 0.505. The van der Waals surface area contributed by atoms with E-state index < -0.39 is 0 Å². The predicted molar refractivity (Wildman–Crippen MR) is 128 cm³/mol. The van der Waals surface area contributed by atoms with E-state index >= 15 is 0 Å². The van der Waals surface area contributed by atoms with Gasteiger partial charge in [0.1, 0.15) is 0 Å². The third-order valence-corrected chi connectivity index (χ3v) is 6.27. The number of hydrogen-bond acceptors (Lipinski definition) is 4. The van der Waals surface area contributed by atoms with Gasteiger partial charge in [-0.15, -0.1) is 0 Å². The number of carbonyl (C=O) groups is 1. The number of ether oxygens (including phenoxy) is 1. The molecule has 5 nitrogen and oxygen atoms in total. The van der Waals surface area contributed by atoms with E-state index in [1.165, 1.54) is 18.2 Å². The fraction of sp³-hybridized carbons (Fsp3) is 0.333. The lowest BCUT2D eigenvalue weighted by atomic mass is 9.92. The van der Waals surface area contributed by atoms with Gasteiger partial charge in [-0.1, -0.05) is 43.0 Å². The van der Waals surface area contributed by atoms with Crippen LogP contribution in [-0.4, -0.2) is 40.8 Å². The molecule has 0 unspecified atom stereocenters. The maximum Gasteiger partial charge on any atom is 0.306 e. The van der Waals surface area contributed by atoms with Gasteiger partial charge in [0.15, 0.2) is 0 Å². The maximum absolute atomic E-state index is 12.3. The summed E-state index contributed by atoms with van der Waals surface area (Å²) in [7, 11) is 1.46. The fourth-order valence-corrected chi connectivity index (χ4v) is 4.60. The zero-order valence-corrected chi connectivity index (χ0v) is 19.2. The van der Waals surface area contributed by atoms with Crippen LogP contribution in [0.25, 0.3) is 11.8 Å². The van der Waals surface area contributed by atoms with Gasteiger partial charge in [0, 0.05) is 31.2 Å². The Kier molecular flexibility index (Phi) is 6.56. The van der Waals surface area contributed by atoms with Crippen LogP contribution in [0.1, 0.15) is 46.0 Å². The molecule has 32 heavy (non-hydrogen) atoms. The molecule has 1 aromatic heterocycles. The zero-order valence-electron chi connectivity index (χ0n) is 19.2. The van der Waals surface area contributed by atoms with Crippen molar-refractivity contribution in [2.24, 2.45) is 0 Å². The van der Waals surface area contributed by atoms with Crippen LogP contribution < -0.4 is 0 Å². The molecular formula is C27H31N3O2. The first-order chi connectivity index (χ1) is 15.5. The third-order valence-electron chi connectivity index (χ3n) is 6.27. The normalized spacial score (nSPS) is 14.6. The minimum atomic E-state index is -0.183. The van der Waals surface area contributed by atoms with Crippen LogP contribution in [0, 0.1) is 13.8 Å². The molecule has 2 aromatic carbocycles. The highest BCUT2D eigenvalue weighted by Crippen LogP contribution is 2.28. The van der Waals surface area contributed by atoms with Crippen LogP contribution in [0.15, 0.2) is 55.1 Å². The first kappa shape index (κ1) is 22.0. The topological polar surface area (TPSA) is 47.4 Å². The molecule has 0 saturated carbocycles. The number of esters is 1. The number of hydrogen-bond donors (Lipinski definition) is 0. The van der Waals surface area contributed by atoms with Gasteiger partial charge in [0.25, 0.3) is 0 Å². The summed E-state index contributed by atoms with van der Waals surface area (Å²) in [6.07, 6.45) is 3.26. The lowest BCUT2D eigenvalue weighted by molar-refractivity contribution is -0.141. The maximum atomic E-state index is 12.3. The molecule has 2 heterocycles. The number of methoxy groups -OCH3 is 1. The molecule has 0 N–H and O–H groups in total. The van der Waals surface area contributed by atoms with Crippen molar-refractivity contribution < 1.29 is 9.53 Å². The second-order valence-electron chi connectivity index (χ2n) is 8.63. The van der Waals surface area contributed by atoms with Crippen LogP contribution in [0.4, 0.5) is 0 Å². The van der Waals surface area contributed by atoms with Gasteiger partial charge in [-0.25, -0.2) is 4.68 Å². The number of aromatic nitrogens is 2. The van der Waals surface area contributed by atoms with E-state index in [4.69, 9.17) is 4.74 Å². The fourth-order valence-electron chi connectivity index (χ4n) is 4.60. The smallest absolute Gasteiger partial charge is 0.306 e. The lowest BCUT2D eigenvalue weighted by Gasteiger charge is -2.32. The van der Waals surface area contributed by atoms with E-state index in [0.29, 0.717) is 6.42 Å². The lowest BCUT2D eigenvalue weighted by Crippen LogP contribution is -2.34. The summed E-state index contributed by atoms with van der Waals surface area (Å²) in [6.45, 7) is 10.6. The molecule has 4 rings (SSSR count). The summed E-state index contributed by atoms with van der Waals surface area (Å²) >= 11 is 0. The molecule has 0 amide bonds. The average molecular weight is 430 g/mol. The van der Waals surface area contributed by atoms with Crippen molar-refractivity contribution >= 4 is 12.0 Å². The molecule has 5 heteroatoms. The number of aryl methyl sites for hydroxylation is 2. The Labute approximate surface area is 190 Å². The van der Waals surface area contributed by atoms with Crippen molar-refractivity contribution in [3.63, 3.8) is 0 Å². The highest BCUT2D eigenvalue weighted by atomic mass is 16.5. The Morgan fingerprint density at radius 3 is 2.75 bits per heavy atom. The van der Waals surface area contributed by atoms with Gasteiger partial charge in [0.05, 0.1) is 24.9 Å². The Morgan fingerprint density at radius 1 is 1.19 bits per heavy atom. The molecular weight excluding hydrogens is 398 g/mol. The number of benzene rings is 2. The summed E-state index contributed by atoms with van der Waals surface area (Å²) in [5.74, 6) is -0.138. The Balaban J connectivity index is 1.59. The van der Waals surface area contributed by atoms with Crippen molar-refractivity contribution in [2.45, 2.75) is 39.2 Å². The minimum Gasteiger partial charge on any atom is -0.469 e. The van der Waals surface area contributed by atoms with E-state index in [9.17, 15) is 4.79 Å². The summed E-state index contributed by atoms with van der Waals surface area (Å²) in [5, 5.41) is 4.62. The number of rotatable bonds is 7. The third kappa shape index (κ3) is 4.83. The highest BCUT2D eigenvalue weighted by molar-refractivity contribution is 5.70. The van der Waals surface area contributed by atoms with Gasteiger partial charge in [-0.3, -0.25) is 9.69 Å². The van der Waals surface area contributed by atoms with Crippen LogP contribution >= 0.6 is 0 Å².